The zero-order valence-corrected chi connectivity index (χ0v) is 15.3. The van der Waals surface area contributed by atoms with Crippen molar-refractivity contribution in [3.8, 4) is 0 Å². The van der Waals surface area contributed by atoms with Crippen LogP contribution in [0.1, 0.15) is 36.9 Å². The number of amides is 1. The van der Waals surface area contributed by atoms with Crippen LogP contribution < -0.4 is 0 Å². The summed E-state index contributed by atoms with van der Waals surface area (Å²) in [7, 11) is 0. The first-order valence-electron chi connectivity index (χ1n) is 8.80. The van der Waals surface area contributed by atoms with Gasteiger partial charge in [0.2, 0.25) is 5.91 Å². The fourth-order valence-electron chi connectivity index (χ4n) is 3.39. The van der Waals surface area contributed by atoms with Gasteiger partial charge in [-0.2, -0.15) is 5.10 Å². The van der Waals surface area contributed by atoms with E-state index in [0.29, 0.717) is 17.9 Å². The van der Waals surface area contributed by atoms with Gasteiger partial charge in [0.05, 0.1) is 11.8 Å². The third kappa shape index (κ3) is 3.11. The molecule has 0 unspecified atom stereocenters. The van der Waals surface area contributed by atoms with Gasteiger partial charge in [-0.15, -0.1) is 0 Å². The lowest BCUT2D eigenvalue weighted by atomic mass is 9.97. The van der Waals surface area contributed by atoms with Gasteiger partial charge in [-0.1, -0.05) is 67.1 Å². The molecule has 0 radical (unpaired) electrons. The SMILES string of the molecule is CCC(=O)N1N=C(c2ccc3ccccc3c2)C[C@H]1c1ccc(Cl)cc1. The second-order valence-corrected chi connectivity index (χ2v) is 6.91. The third-order valence-electron chi connectivity index (χ3n) is 4.81. The summed E-state index contributed by atoms with van der Waals surface area (Å²) in [5, 5.41) is 9.38. The Bertz CT molecular complexity index is 994. The average molecular weight is 363 g/mol. The summed E-state index contributed by atoms with van der Waals surface area (Å²) in [4.78, 5) is 12.4. The molecule has 1 heterocycles. The van der Waals surface area contributed by atoms with E-state index in [9.17, 15) is 4.79 Å². The molecule has 0 spiro atoms. The fraction of sp³-hybridized carbons (Fsp3) is 0.182. The summed E-state index contributed by atoms with van der Waals surface area (Å²) in [6.07, 6.45) is 1.13. The largest absolute Gasteiger partial charge is 0.273 e. The van der Waals surface area contributed by atoms with Gasteiger partial charge in [0.15, 0.2) is 0 Å². The van der Waals surface area contributed by atoms with E-state index in [1.54, 1.807) is 5.01 Å². The lowest BCUT2D eigenvalue weighted by Crippen LogP contribution is -2.26. The van der Waals surface area contributed by atoms with E-state index in [-0.39, 0.29) is 11.9 Å². The maximum Gasteiger partial charge on any atom is 0.242 e. The Morgan fingerprint density at radius 1 is 1.08 bits per heavy atom. The molecule has 0 fully saturated rings. The van der Waals surface area contributed by atoms with Gasteiger partial charge in [0.1, 0.15) is 0 Å². The Labute approximate surface area is 157 Å². The van der Waals surface area contributed by atoms with Gasteiger partial charge < -0.3 is 0 Å². The first-order chi connectivity index (χ1) is 12.7. The van der Waals surface area contributed by atoms with Crippen molar-refractivity contribution in [3.63, 3.8) is 0 Å². The van der Waals surface area contributed by atoms with E-state index in [4.69, 9.17) is 11.6 Å². The number of carbonyl (C=O) groups is 1. The topological polar surface area (TPSA) is 32.7 Å². The molecule has 1 amide bonds. The van der Waals surface area contributed by atoms with E-state index >= 15 is 0 Å². The predicted molar refractivity (Wildman–Crippen MR) is 106 cm³/mol. The Hall–Kier alpha value is -2.65. The first kappa shape index (κ1) is 16.8. The maximum atomic E-state index is 12.4. The van der Waals surface area contributed by atoms with Crippen molar-refractivity contribution in [1.82, 2.24) is 5.01 Å². The van der Waals surface area contributed by atoms with Crippen LogP contribution in [-0.4, -0.2) is 16.6 Å². The van der Waals surface area contributed by atoms with Gasteiger partial charge >= 0.3 is 0 Å². The van der Waals surface area contributed by atoms with E-state index in [2.05, 4.69) is 35.4 Å². The minimum atomic E-state index is -0.0822. The molecular weight excluding hydrogens is 344 g/mol. The zero-order valence-electron chi connectivity index (χ0n) is 14.5. The highest BCUT2D eigenvalue weighted by Gasteiger charge is 2.32. The van der Waals surface area contributed by atoms with Crippen LogP contribution in [0.2, 0.25) is 5.02 Å². The number of hydrogen-bond acceptors (Lipinski definition) is 2. The van der Waals surface area contributed by atoms with Crippen molar-refractivity contribution in [2.45, 2.75) is 25.8 Å². The van der Waals surface area contributed by atoms with Crippen molar-refractivity contribution in [2.75, 3.05) is 0 Å². The molecule has 4 rings (SSSR count). The van der Waals surface area contributed by atoms with Gasteiger partial charge in [-0.05, 0) is 40.1 Å². The highest BCUT2D eigenvalue weighted by molar-refractivity contribution is 6.30. The van der Waals surface area contributed by atoms with Crippen LogP contribution in [0.25, 0.3) is 10.8 Å². The monoisotopic (exact) mass is 362 g/mol. The molecule has 1 aliphatic heterocycles. The Morgan fingerprint density at radius 2 is 1.81 bits per heavy atom. The quantitative estimate of drug-likeness (QED) is 0.598. The Morgan fingerprint density at radius 3 is 2.54 bits per heavy atom. The normalized spacial score (nSPS) is 16.8. The third-order valence-corrected chi connectivity index (χ3v) is 5.06. The van der Waals surface area contributed by atoms with Crippen molar-refractivity contribution in [3.05, 3.63) is 82.9 Å². The minimum Gasteiger partial charge on any atom is -0.273 e. The fourth-order valence-corrected chi connectivity index (χ4v) is 3.52. The number of hydrazone groups is 1. The number of halogens is 1. The Kier molecular flexibility index (Phi) is 4.48. The van der Waals surface area contributed by atoms with Crippen molar-refractivity contribution >= 4 is 34.0 Å². The van der Waals surface area contributed by atoms with Crippen LogP contribution in [0.4, 0.5) is 0 Å². The van der Waals surface area contributed by atoms with Gasteiger partial charge in [0, 0.05) is 17.9 Å². The molecule has 0 N–H and O–H groups in total. The summed E-state index contributed by atoms with van der Waals surface area (Å²) in [6.45, 7) is 1.87. The van der Waals surface area contributed by atoms with Crippen molar-refractivity contribution < 1.29 is 4.79 Å². The second-order valence-electron chi connectivity index (χ2n) is 6.47. The number of benzene rings is 3. The van der Waals surface area contributed by atoms with Crippen LogP contribution in [-0.2, 0) is 4.79 Å². The zero-order chi connectivity index (χ0) is 18.1. The highest BCUT2D eigenvalue weighted by Crippen LogP contribution is 2.34. The van der Waals surface area contributed by atoms with E-state index < -0.39 is 0 Å². The molecule has 3 aromatic rings. The summed E-state index contributed by atoms with van der Waals surface area (Å²) in [5.74, 6) is 0.0285. The average Bonchev–Trinajstić information content (AvgIpc) is 3.13. The van der Waals surface area contributed by atoms with Crippen LogP contribution >= 0.6 is 11.6 Å². The van der Waals surface area contributed by atoms with Gasteiger partial charge in [0.25, 0.3) is 0 Å². The molecule has 130 valence electrons. The molecule has 0 aromatic heterocycles. The van der Waals surface area contributed by atoms with Gasteiger partial charge in [-0.25, -0.2) is 5.01 Å². The smallest absolute Gasteiger partial charge is 0.242 e. The van der Waals surface area contributed by atoms with E-state index in [1.807, 2.05) is 43.3 Å². The summed E-state index contributed by atoms with van der Waals surface area (Å²) in [6, 6.07) is 22.2. The number of nitrogens with zero attached hydrogens (tertiary/aromatic N) is 2. The summed E-state index contributed by atoms with van der Waals surface area (Å²) < 4.78 is 0. The summed E-state index contributed by atoms with van der Waals surface area (Å²) >= 11 is 6.02. The van der Waals surface area contributed by atoms with Crippen LogP contribution in [0.5, 0.6) is 0 Å². The first-order valence-corrected chi connectivity index (χ1v) is 9.17. The molecule has 3 aromatic carbocycles. The number of rotatable bonds is 3. The van der Waals surface area contributed by atoms with Gasteiger partial charge in [-0.3, -0.25) is 4.79 Å². The van der Waals surface area contributed by atoms with E-state index in [0.717, 1.165) is 16.8 Å². The number of carbonyl (C=O) groups excluding carboxylic acids is 1. The number of hydrogen-bond donors (Lipinski definition) is 0. The molecular formula is C22H19ClN2O. The lowest BCUT2D eigenvalue weighted by Gasteiger charge is -2.21. The minimum absolute atomic E-state index is 0.0285. The molecule has 0 aliphatic carbocycles. The van der Waals surface area contributed by atoms with E-state index in [1.165, 1.54) is 10.8 Å². The maximum absolute atomic E-state index is 12.4. The van der Waals surface area contributed by atoms with Crippen LogP contribution in [0.3, 0.4) is 0 Å². The molecule has 1 aliphatic rings. The lowest BCUT2D eigenvalue weighted by molar-refractivity contribution is -0.132. The molecule has 1 atom stereocenters. The molecule has 0 saturated heterocycles. The molecule has 26 heavy (non-hydrogen) atoms. The summed E-state index contributed by atoms with van der Waals surface area (Å²) in [5.41, 5.74) is 3.06. The molecule has 0 bridgehead atoms. The molecule has 4 heteroatoms. The standard InChI is InChI=1S/C22H19ClN2O/c1-2-22(26)25-21(16-9-11-19(23)12-10-16)14-20(24-25)18-8-7-15-5-3-4-6-17(15)13-18/h3-13,21H,2,14H2,1H3/t21-/m0/s1. The predicted octanol–water partition coefficient (Wildman–Crippen LogP) is 5.58. The highest BCUT2D eigenvalue weighted by atomic mass is 35.5. The molecule has 3 nitrogen and oxygen atoms in total. The van der Waals surface area contributed by atoms with Crippen molar-refractivity contribution in [1.29, 1.82) is 0 Å². The number of fused-ring (bicyclic) bond motifs is 1. The molecule has 0 saturated carbocycles. The van der Waals surface area contributed by atoms with Crippen LogP contribution in [0, 0.1) is 0 Å². The van der Waals surface area contributed by atoms with Crippen molar-refractivity contribution in [2.24, 2.45) is 5.10 Å². The van der Waals surface area contributed by atoms with Crippen LogP contribution in [0.15, 0.2) is 71.8 Å². The Balaban J connectivity index is 1.71. The second kappa shape index (κ2) is 6.93.